The fraction of sp³-hybridized carbons (Fsp3) is 0.929. The van der Waals surface area contributed by atoms with Gasteiger partial charge in [0.1, 0.15) is 11.9 Å². The third-order valence-electron chi connectivity index (χ3n) is 3.99. The van der Waals surface area contributed by atoms with Gasteiger partial charge in [0.25, 0.3) is 0 Å². The Labute approximate surface area is 108 Å². The van der Waals surface area contributed by atoms with E-state index in [0.717, 1.165) is 19.1 Å². The number of hydrogen-bond donors (Lipinski definition) is 0. The second-order valence-corrected chi connectivity index (χ2v) is 11.7. The monoisotopic (exact) mass is 258 g/mol. The summed E-state index contributed by atoms with van der Waals surface area (Å²) in [6.07, 6.45) is 2.91. The Balaban J connectivity index is 4.86. The molecule has 17 heavy (non-hydrogen) atoms. The van der Waals surface area contributed by atoms with Crippen LogP contribution in [0.2, 0.25) is 18.1 Å². The molecule has 0 fully saturated rings. The van der Waals surface area contributed by atoms with Crippen molar-refractivity contribution in [2.45, 2.75) is 78.1 Å². The van der Waals surface area contributed by atoms with E-state index < -0.39 is 13.9 Å². The van der Waals surface area contributed by atoms with Crippen molar-refractivity contribution in [2.75, 3.05) is 0 Å². The lowest BCUT2D eigenvalue weighted by atomic mass is 9.93. The van der Waals surface area contributed by atoms with Crippen LogP contribution < -0.4 is 0 Å². The van der Waals surface area contributed by atoms with Crippen LogP contribution in [-0.2, 0) is 9.22 Å². The van der Waals surface area contributed by atoms with Crippen LogP contribution >= 0.6 is 0 Å². The zero-order valence-corrected chi connectivity index (χ0v) is 13.9. The Bertz CT molecular complexity index is 255. The van der Waals surface area contributed by atoms with Gasteiger partial charge in [0.2, 0.25) is 0 Å². The first kappa shape index (κ1) is 16.8. The Morgan fingerprint density at radius 2 is 1.71 bits per heavy atom. The molecule has 0 aromatic rings. The van der Waals surface area contributed by atoms with Crippen LogP contribution in [-0.4, -0.2) is 20.2 Å². The molecule has 0 aliphatic heterocycles. The van der Waals surface area contributed by atoms with Crippen molar-refractivity contribution >= 4 is 14.6 Å². The summed E-state index contributed by atoms with van der Waals surface area (Å²) in [4.78, 5) is 11.4. The van der Waals surface area contributed by atoms with Gasteiger partial charge in [-0.05, 0) is 37.4 Å². The fourth-order valence-electron chi connectivity index (χ4n) is 1.69. The summed E-state index contributed by atoms with van der Waals surface area (Å²) >= 11 is 0. The minimum Gasteiger partial charge on any atom is -0.405 e. The van der Waals surface area contributed by atoms with E-state index in [4.69, 9.17) is 4.43 Å². The summed E-state index contributed by atoms with van der Waals surface area (Å²) in [6, 6.07) is 0. The summed E-state index contributed by atoms with van der Waals surface area (Å²) in [5, 5.41) is 0.146. The number of hydrogen-bond acceptors (Lipinski definition) is 2. The minimum absolute atomic E-state index is 0.146. The second kappa shape index (κ2) is 5.66. The van der Waals surface area contributed by atoms with Gasteiger partial charge in [-0.25, -0.2) is 0 Å². The van der Waals surface area contributed by atoms with Crippen molar-refractivity contribution in [1.82, 2.24) is 0 Å². The van der Waals surface area contributed by atoms with Gasteiger partial charge < -0.3 is 9.22 Å². The number of rotatable bonds is 6. The minimum atomic E-state index is -1.87. The number of carbonyl (C=O) groups excluding carboxylic acids is 1. The van der Waals surface area contributed by atoms with Gasteiger partial charge in [0.15, 0.2) is 8.32 Å². The van der Waals surface area contributed by atoms with Crippen LogP contribution in [0.15, 0.2) is 0 Å². The van der Waals surface area contributed by atoms with E-state index in [2.05, 4.69) is 47.7 Å². The van der Waals surface area contributed by atoms with Crippen LogP contribution in [0.3, 0.4) is 0 Å². The van der Waals surface area contributed by atoms with Gasteiger partial charge in [-0.15, -0.1) is 0 Å². The summed E-state index contributed by atoms with van der Waals surface area (Å²) in [5.74, 6) is 0.523. The predicted molar refractivity (Wildman–Crippen MR) is 76.8 cm³/mol. The van der Waals surface area contributed by atoms with Crippen LogP contribution in [0.25, 0.3) is 0 Å². The summed E-state index contributed by atoms with van der Waals surface area (Å²) in [6.45, 7) is 17.3. The van der Waals surface area contributed by atoms with Gasteiger partial charge in [-0.3, -0.25) is 0 Å². The Morgan fingerprint density at radius 1 is 1.24 bits per heavy atom. The third-order valence-corrected chi connectivity index (χ3v) is 8.58. The molecule has 0 aliphatic rings. The fourth-order valence-corrected chi connectivity index (χ4v) is 3.29. The molecule has 0 bridgehead atoms. The van der Waals surface area contributed by atoms with E-state index in [1.165, 1.54) is 0 Å². The smallest absolute Gasteiger partial charge is 0.193 e. The molecule has 0 amide bonds. The number of carbonyl (C=O) groups is 1. The molecule has 2 atom stereocenters. The molecule has 0 unspecified atom stereocenters. The van der Waals surface area contributed by atoms with Gasteiger partial charge >= 0.3 is 0 Å². The zero-order valence-electron chi connectivity index (χ0n) is 12.9. The molecule has 0 spiro atoms. The number of aldehydes is 1. The maximum atomic E-state index is 11.4. The van der Waals surface area contributed by atoms with Crippen LogP contribution in [0.1, 0.15) is 54.4 Å². The van der Waals surface area contributed by atoms with Crippen molar-refractivity contribution in [3.05, 3.63) is 0 Å². The van der Waals surface area contributed by atoms with Crippen molar-refractivity contribution in [3.63, 3.8) is 0 Å². The normalized spacial score (nSPS) is 18.6. The second-order valence-electron chi connectivity index (χ2n) is 7.01. The Hall–Kier alpha value is -0.153. The highest BCUT2D eigenvalue weighted by molar-refractivity contribution is 6.74. The van der Waals surface area contributed by atoms with Crippen molar-refractivity contribution in [1.29, 1.82) is 0 Å². The lowest BCUT2D eigenvalue weighted by Crippen LogP contribution is -2.49. The molecular weight excluding hydrogens is 228 g/mol. The van der Waals surface area contributed by atoms with Crippen molar-refractivity contribution in [2.24, 2.45) is 5.92 Å². The van der Waals surface area contributed by atoms with Crippen LogP contribution in [0, 0.1) is 5.92 Å². The average Bonchev–Trinajstić information content (AvgIpc) is 2.14. The molecule has 3 heteroatoms. The van der Waals surface area contributed by atoms with Gasteiger partial charge in [0.05, 0.1) is 0 Å². The predicted octanol–water partition coefficient (Wildman–Crippen LogP) is 4.40. The third kappa shape index (κ3) is 4.92. The standard InChI is InChI=1S/C14H30O2Si/c1-9-12(2)10-14(6,11-15)16-17(7,8)13(3,4)5/h11-12H,9-10H2,1-8H3/t12-,14-/m0/s1. The van der Waals surface area contributed by atoms with E-state index in [9.17, 15) is 4.79 Å². The maximum Gasteiger partial charge on any atom is 0.193 e. The molecule has 0 aromatic heterocycles. The lowest BCUT2D eigenvalue weighted by Gasteiger charge is -2.42. The molecule has 0 rings (SSSR count). The maximum absolute atomic E-state index is 11.4. The van der Waals surface area contributed by atoms with Gasteiger partial charge in [0, 0.05) is 0 Å². The molecule has 0 saturated heterocycles. The molecule has 0 heterocycles. The zero-order chi connectivity index (χ0) is 13.9. The van der Waals surface area contributed by atoms with Crippen LogP contribution in [0.5, 0.6) is 0 Å². The largest absolute Gasteiger partial charge is 0.405 e. The summed E-state index contributed by atoms with van der Waals surface area (Å²) < 4.78 is 6.28. The quantitative estimate of drug-likeness (QED) is 0.521. The lowest BCUT2D eigenvalue weighted by molar-refractivity contribution is -0.122. The van der Waals surface area contributed by atoms with E-state index in [1.807, 2.05) is 6.92 Å². The first-order chi connectivity index (χ1) is 7.47. The molecule has 0 aliphatic carbocycles. The molecule has 0 saturated carbocycles. The van der Waals surface area contributed by atoms with Crippen molar-refractivity contribution in [3.8, 4) is 0 Å². The van der Waals surface area contributed by atoms with Crippen LogP contribution in [0.4, 0.5) is 0 Å². The molecule has 0 radical (unpaired) electrons. The van der Waals surface area contributed by atoms with E-state index in [0.29, 0.717) is 5.92 Å². The average molecular weight is 258 g/mol. The van der Waals surface area contributed by atoms with Crippen molar-refractivity contribution < 1.29 is 9.22 Å². The van der Waals surface area contributed by atoms with E-state index in [-0.39, 0.29) is 5.04 Å². The summed E-state index contributed by atoms with van der Waals surface area (Å²) in [5.41, 5.74) is -0.613. The molecule has 0 aromatic carbocycles. The highest BCUT2D eigenvalue weighted by atomic mass is 28.4. The highest BCUT2D eigenvalue weighted by Crippen LogP contribution is 2.40. The van der Waals surface area contributed by atoms with Gasteiger partial charge in [-0.2, -0.15) is 0 Å². The Morgan fingerprint density at radius 3 is 2.00 bits per heavy atom. The van der Waals surface area contributed by atoms with E-state index in [1.54, 1.807) is 0 Å². The first-order valence-corrected chi connectivity index (χ1v) is 9.55. The molecule has 0 N–H and O–H groups in total. The topological polar surface area (TPSA) is 26.3 Å². The van der Waals surface area contributed by atoms with Gasteiger partial charge in [-0.1, -0.05) is 41.0 Å². The molecular formula is C14H30O2Si. The molecule has 2 nitrogen and oxygen atoms in total. The van der Waals surface area contributed by atoms with E-state index >= 15 is 0 Å². The first-order valence-electron chi connectivity index (χ1n) is 6.64. The summed E-state index contributed by atoms with van der Waals surface area (Å²) in [7, 11) is -1.87. The SMILES string of the molecule is CC[C@H](C)C[C@@](C)(C=O)O[Si](C)(C)C(C)(C)C. The Kier molecular flexibility index (Phi) is 5.61. The molecule has 102 valence electrons. The highest BCUT2D eigenvalue weighted by Gasteiger charge is 2.43.